The van der Waals surface area contributed by atoms with E-state index in [1.165, 1.54) is 26.5 Å². The van der Waals surface area contributed by atoms with Crippen LogP contribution in [0.2, 0.25) is 0 Å². The maximum absolute atomic E-state index is 11.7. The highest BCUT2D eigenvalue weighted by molar-refractivity contribution is 7.87. The average Bonchev–Trinajstić information content (AvgIpc) is 2.28. The lowest BCUT2D eigenvalue weighted by Gasteiger charge is -2.11. The second kappa shape index (κ2) is 5.32. The van der Waals surface area contributed by atoms with Crippen LogP contribution in [-0.2, 0) is 10.2 Å². The van der Waals surface area contributed by atoms with E-state index in [-0.39, 0.29) is 0 Å². The predicted molar refractivity (Wildman–Crippen MR) is 67.5 cm³/mol. The lowest BCUT2D eigenvalue weighted by Crippen LogP contribution is -2.53. The number of carbonyl (C=O) groups is 1. The van der Waals surface area contributed by atoms with E-state index in [1.54, 1.807) is 12.1 Å². The van der Waals surface area contributed by atoms with Crippen molar-refractivity contribution in [3.8, 4) is 0 Å². The molecule has 0 atom stereocenters. The van der Waals surface area contributed by atoms with Crippen LogP contribution in [0.4, 0.5) is 10.5 Å². The SMILES string of the molecule is CN(C)c1cc[n+](C(=O)NS(=O)(=O)N(C)C)cc1. The Labute approximate surface area is 107 Å². The van der Waals surface area contributed by atoms with Crippen LogP contribution in [0.5, 0.6) is 0 Å². The van der Waals surface area contributed by atoms with Gasteiger partial charge in [0.2, 0.25) is 0 Å². The molecule has 0 radical (unpaired) electrons. The second-order valence-corrected chi connectivity index (χ2v) is 5.94. The summed E-state index contributed by atoms with van der Waals surface area (Å²) < 4.78 is 26.9. The van der Waals surface area contributed by atoms with Gasteiger partial charge in [0.1, 0.15) is 12.4 Å². The Kier molecular flexibility index (Phi) is 4.25. The second-order valence-electron chi connectivity index (χ2n) is 4.05. The lowest BCUT2D eigenvalue weighted by molar-refractivity contribution is -0.570. The smallest absolute Gasteiger partial charge is 0.377 e. The molecule has 0 spiro atoms. The number of nitrogens with zero attached hydrogens (tertiary/aromatic N) is 3. The zero-order valence-electron chi connectivity index (χ0n) is 10.8. The van der Waals surface area contributed by atoms with Crippen molar-refractivity contribution < 1.29 is 17.8 Å². The Morgan fingerprint density at radius 1 is 1.17 bits per heavy atom. The highest BCUT2D eigenvalue weighted by atomic mass is 32.2. The molecule has 0 saturated heterocycles. The quantitative estimate of drug-likeness (QED) is 0.747. The third-order valence-electron chi connectivity index (χ3n) is 2.26. The summed E-state index contributed by atoms with van der Waals surface area (Å²) in [6, 6.07) is 2.69. The number of carbonyl (C=O) groups excluding carboxylic acids is 1. The molecule has 100 valence electrons. The first kappa shape index (κ1) is 14.4. The van der Waals surface area contributed by atoms with Crippen LogP contribution >= 0.6 is 0 Å². The standard InChI is InChI=1S/C10H16N4O3S/c1-12(2)9-5-7-14(8-6-9)10(15)11-18(16,17)13(3)4/h5-8H,1-4H3/p+1. The van der Waals surface area contributed by atoms with E-state index in [4.69, 9.17) is 0 Å². The van der Waals surface area contributed by atoms with Crippen LogP contribution in [0, 0.1) is 0 Å². The van der Waals surface area contributed by atoms with Crippen LogP contribution in [0.1, 0.15) is 0 Å². The summed E-state index contributed by atoms with van der Waals surface area (Å²) in [5.41, 5.74) is 0.912. The summed E-state index contributed by atoms with van der Waals surface area (Å²) in [4.78, 5) is 13.6. The molecule has 1 heterocycles. The van der Waals surface area contributed by atoms with Gasteiger partial charge in [0.05, 0.1) is 0 Å². The highest BCUT2D eigenvalue weighted by Crippen LogP contribution is 2.05. The zero-order chi connectivity index (χ0) is 13.9. The van der Waals surface area contributed by atoms with E-state index in [9.17, 15) is 13.2 Å². The largest absolute Gasteiger partial charge is 0.512 e. The summed E-state index contributed by atoms with van der Waals surface area (Å²) >= 11 is 0. The minimum atomic E-state index is -3.77. The van der Waals surface area contributed by atoms with Crippen molar-refractivity contribution >= 4 is 21.9 Å². The molecule has 0 aromatic carbocycles. The van der Waals surface area contributed by atoms with E-state index < -0.39 is 16.2 Å². The average molecular weight is 273 g/mol. The molecule has 0 unspecified atom stereocenters. The van der Waals surface area contributed by atoms with Gasteiger partial charge in [-0.1, -0.05) is 0 Å². The van der Waals surface area contributed by atoms with Crippen molar-refractivity contribution in [3.63, 3.8) is 0 Å². The number of rotatable bonds is 3. The fraction of sp³-hybridized carbons (Fsp3) is 0.400. The number of aromatic nitrogens is 1. The number of pyridine rings is 1. The van der Waals surface area contributed by atoms with E-state index >= 15 is 0 Å². The molecule has 1 N–H and O–H groups in total. The Bertz CT molecular complexity index is 523. The number of amides is 1. The van der Waals surface area contributed by atoms with Crippen molar-refractivity contribution in [2.75, 3.05) is 33.1 Å². The molecule has 8 heteroatoms. The minimum Gasteiger partial charge on any atom is -0.377 e. The highest BCUT2D eigenvalue weighted by Gasteiger charge is 2.25. The molecule has 1 aromatic heterocycles. The van der Waals surface area contributed by atoms with Gasteiger partial charge >= 0.3 is 16.2 Å². The van der Waals surface area contributed by atoms with Crippen LogP contribution < -0.4 is 14.2 Å². The topological polar surface area (TPSA) is 73.6 Å². The summed E-state index contributed by atoms with van der Waals surface area (Å²) in [5, 5.41) is 0. The molecule has 0 bridgehead atoms. The first-order valence-electron chi connectivity index (χ1n) is 5.17. The van der Waals surface area contributed by atoms with E-state index in [0.29, 0.717) is 0 Å². The summed E-state index contributed by atoms with van der Waals surface area (Å²) in [6.07, 6.45) is 2.99. The first-order valence-corrected chi connectivity index (χ1v) is 6.61. The van der Waals surface area contributed by atoms with Crippen molar-refractivity contribution in [2.24, 2.45) is 0 Å². The fourth-order valence-electron chi connectivity index (χ4n) is 1.11. The summed E-state index contributed by atoms with van der Waals surface area (Å²) in [5.74, 6) is 0. The van der Waals surface area contributed by atoms with Crippen LogP contribution in [-0.4, -0.2) is 46.9 Å². The van der Waals surface area contributed by atoms with Crippen molar-refractivity contribution in [1.82, 2.24) is 9.03 Å². The van der Waals surface area contributed by atoms with Gasteiger partial charge in [0.25, 0.3) is 0 Å². The maximum atomic E-state index is 11.7. The molecule has 0 aliphatic carbocycles. The number of anilines is 1. The molecule has 18 heavy (non-hydrogen) atoms. The van der Waals surface area contributed by atoms with Crippen molar-refractivity contribution in [1.29, 1.82) is 0 Å². The lowest BCUT2D eigenvalue weighted by atomic mass is 10.4. The van der Waals surface area contributed by atoms with Gasteiger partial charge in [-0.3, -0.25) is 0 Å². The Balaban J connectivity index is 2.86. The van der Waals surface area contributed by atoms with Gasteiger partial charge in [0, 0.05) is 46.0 Å². The third kappa shape index (κ3) is 3.41. The molecule has 0 aliphatic rings. The predicted octanol–water partition coefficient (Wildman–Crippen LogP) is -0.596. The Hall–Kier alpha value is -1.67. The van der Waals surface area contributed by atoms with Gasteiger partial charge < -0.3 is 4.90 Å². The maximum Gasteiger partial charge on any atom is 0.512 e. The third-order valence-corrected chi connectivity index (χ3v) is 3.65. The molecule has 1 amide bonds. The monoisotopic (exact) mass is 273 g/mol. The van der Waals surface area contributed by atoms with Gasteiger partial charge in [-0.05, 0) is 0 Å². The van der Waals surface area contributed by atoms with Gasteiger partial charge in [-0.25, -0.2) is 0 Å². The van der Waals surface area contributed by atoms with Gasteiger partial charge in [-0.15, -0.1) is 4.72 Å². The van der Waals surface area contributed by atoms with Crippen LogP contribution in [0.25, 0.3) is 0 Å². The van der Waals surface area contributed by atoms with E-state index in [0.717, 1.165) is 14.6 Å². The first-order chi connectivity index (χ1) is 8.24. The van der Waals surface area contributed by atoms with Crippen molar-refractivity contribution in [3.05, 3.63) is 24.5 Å². The molecule has 1 aromatic rings. The van der Waals surface area contributed by atoms with Crippen LogP contribution in [0.3, 0.4) is 0 Å². The van der Waals surface area contributed by atoms with Crippen molar-refractivity contribution in [2.45, 2.75) is 0 Å². The minimum absolute atomic E-state index is 0.728. The Morgan fingerprint density at radius 3 is 2.06 bits per heavy atom. The Morgan fingerprint density at radius 2 is 1.67 bits per heavy atom. The summed E-state index contributed by atoms with van der Waals surface area (Å²) in [6.45, 7) is 0. The van der Waals surface area contributed by atoms with Crippen LogP contribution in [0.15, 0.2) is 24.5 Å². The molecule has 0 fully saturated rings. The van der Waals surface area contributed by atoms with E-state index in [1.807, 2.05) is 23.7 Å². The number of nitrogens with one attached hydrogen (secondary N) is 1. The van der Waals surface area contributed by atoms with E-state index in [2.05, 4.69) is 0 Å². The normalized spacial score (nSPS) is 11.4. The molecule has 0 aliphatic heterocycles. The molecular formula is C10H17N4O3S+. The fourth-order valence-corrected chi connectivity index (χ4v) is 1.62. The zero-order valence-corrected chi connectivity index (χ0v) is 11.6. The number of hydrogen-bond donors (Lipinski definition) is 1. The summed E-state index contributed by atoms with van der Waals surface area (Å²) in [7, 11) is 2.66. The number of hydrogen-bond acceptors (Lipinski definition) is 4. The molecule has 1 rings (SSSR count). The molecule has 0 saturated carbocycles. The van der Waals surface area contributed by atoms with Gasteiger partial charge in [0.15, 0.2) is 0 Å². The van der Waals surface area contributed by atoms with Gasteiger partial charge in [-0.2, -0.15) is 22.1 Å². The molecule has 7 nitrogen and oxygen atoms in total. The molecular weight excluding hydrogens is 256 g/mol.